The fraction of sp³-hybridized carbons (Fsp3) is 0.208. The van der Waals surface area contributed by atoms with Gasteiger partial charge in [0.05, 0.1) is 20.3 Å². The number of methoxy groups -OCH3 is 2. The summed E-state index contributed by atoms with van der Waals surface area (Å²) in [6, 6.07) is 25.4. The predicted molar refractivity (Wildman–Crippen MR) is 113 cm³/mol. The minimum Gasteiger partial charge on any atom is -0.497 e. The van der Waals surface area contributed by atoms with Gasteiger partial charge in [0.25, 0.3) is 0 Å². The molecule has 0 aliphatic rings. The van der Waals surface area contributed by atoms with Gasteiger partial charge in [0, 0.05) is 12.1 Å². The van der Waals surface area contributed by atoms with Gasteiger partial charge in [-0.2, -0.15) is 0 Å². The second-order valence-electron chi connectivity index (χ2n) is 6.79. The van der Waals surface area contributed by atoms with Crippen LogP contribution in [0, 0.1) is 0 Å². The first-order valence-electron chi connectivity index (χ1n) is 9.37. The standard InChI is InChI=1S/C24H25NO4/c1-28-21-15-13-20(14-16-21)25-22(19-11-7-4-8-12-19)24(27,23(26)29-2)17-18-9-5-3-6-10-18/h3-16,22,25,27H,17H2,1-2H3/t22-,24-/m0/s1. The number of carbonyl (C=O) groups is 1. The monoisotopic (exact) mass is 391 g/mol. The molecule has 3 aromatic carbocycles. The van der Waals surface area contributed by atoms with Gasteiger partial charge >= 0.3 is 5.97 Å². The van der Waals surface area contributed by atoms with E-state index in [2.05, 4.69) is 5.32 Å². The Balaban J connectivity index is 2.03. The van der Waals surface area contributed by atoms with E-state index in [1.165, 1.54) is 7.11 Å². The highest BCUT2D eigenvalue weighted by atomic mass is 16.5. The van der Waals surface area contributed by atoms with Gasteiger partial charge in [-0.05, 0) is 35.4 Å². The van der Waals surface area contributed by atoms with E-state index >= 15 is 0 Å². The Hall–Kier alpha value is -3.31. The average molecular weight is 391 g/mol. The van der Waals surface area contributed by atoms with Gasteiger partial charge in [-0.1, -0.05) is 60.7 Å². The Morgan fingerprint density at radius 2 is 1.52 bits per heavy atom. The number of hydrogen-bond acceptors (Lipinski definition) is 5. The molecule has 2 N–H and O–H groups in total. The third-order valence-electron chi connectivity index (χ3n) is 4.87. The van der Waals surface area contributed by atoms with Gasteiger partial charge < -0.3 is 19.9 Å². The van der Waals surface area contributed by atoms with Crippen molar-refractivity contribution in [1.29, 1.82) is 0 Å². The summed E-state index contributed by atoms with van der Waals surface area (Å²) in [5.74, 6) is 0.0237. The van der Waals surface area contributed by atoms with Crippen LogP contribution in [0.3, 0.4) is 0 Å². The van der Waals surface area contributed by atoms with Crippen molar-refractivity contribution in [3.8, 4) is 5.75 Å². The van der Waals surface area contributed by atoms with Gasteiger partial charge in [0.1, 0.15) is 5.75 Å². The molecule has 0 aliphatic heterocycles. The van der Waals surface area contributed by atoms with E-state index in [1.807, 2.05) is 84.9 Å². The molecule has 150 valence electrons. The van der Waals surface area contributed by atoms with Crippen molar-refractivity contribution in [1.82, 2.24) is 0 Å². The van der Waals surface area contributed by atoms with Gasteiger partial charge in [0.2, 0.25) is 0 Å². The number of aliphatic hydroxyl groups is 1. The van der Waals surface area contributed by atoms with E-state index in [4.69, 9.17) is 9.47 Å². The highest BCUT2D eigenvalue weighted by Crippen LogP contribution is 2.34. The summed E-state index contributed by atoms with van der Waals surface area (Å²) in [6.45, 7) is 0. The van der Waals surface area contributed by atoms with E-state index in [1.54, 1.807) is 7.11 Å². The van der Waals surface area contributed by atoms with Gasteiger partial charge in [-0.3, -0.25) is 0 Å². The largest absolute Gasteiger partial charge is 0.497 e. The van der Waals surface area contributed by atoms with Crippen molar-refractivity contribution in [2.75, 3.05) is 19.5 Å². The van der Waals surface area contributed by atoms with Crippen molar-refractivity contribution < 1.29 is 19.4 Å². The Kier molecular flexibility index (Phi) is 6.52. The van der Waals surface area contributed by atoms with Gasteiger partial charge in [-0.25, -0.2) is 4.79 Å². The summed E-state index contributed by atoms with van der Waals surface area (Å²) in [4.78, 5) is 12.8. The van der Waals surface area contributed by atoms with E-state index in [0.29, 0.717) is 0 Å². The summed E-state index contributed by atoms with van der Waals surface area (Å²) < 4.78 is 10.2. The maximum Gasteiger partial charge on any atom is 0.340 e. The Morgan fingerprint density at radius 1 is 0.931 bits per heavy atom. The van der Waals surface area contributed by atoms with E-state index in [0.717, 1.165) is 22.6 Å². The minimum absolute atomic E-state index is 0.100. The number of anilines is 1. The zero-order valence-electron chi connectivity index (χ0n) is 16.5. The lowest BCUT2D eigenvalue weighted by molar-refractivity contribution is -0.164. The highest BCUT2D eigenvalue weighted by Gasteiger charge is 2.46. The number of carbonyl (C=O) groups excluding carboxylic acids is 1. The zero-order chi connectivity index (χ0) is 20.7. The Labute approximate surface area is 170 Å². The number of benzene rings is 3. The summed E-state index contributed by atoms with van der Waals surface area (Å²) in [7, 11) is 2.89. The molecule has 29 heavy (non-hydrogen) atoms. The molecule has 2 atom stereocenters. The minimum atomic E-state index is -1.82. The van der Waals surface area contributed by atoms with Crippen LogP contribution in [0.25, 0.3) is 0 Å². The maximum atomic E-state index is 12.8. The molecule has 0 aliphatic carbocycles. The van der Waals surface area contributed by atoms with E-state index in [-0.39, 0.29) is 6.42 Å². The summed E-state index contributed by atoms with van der Waals surface area (Å²) in [5.41, 5.74) is 0.525. The topological polar surface area (TPSA) is 67.8 Å². The highest BCUT2D eigenvalue weighted by molar-refractivity contribution is 5.82. The Morgan fingerprint density at radius 3 is 2.07 bits per heavy atom. The molecule has 0 heterocycles. The van der Waals surface area contributed by atoms with Crippen LogP contribution >= 0.6 is 0 Å². The number of hydrogen-bond donors (Lipinski definition) is 2. The number of esters is 1. The zero-order valence-corrected chi connectivity index (χ0v) is 16.5. The molecule has 3 aromatic rings. The van der Waals surface area contributed by atoms with Crippen LogP contribution in [0.15, 0.2) is 84.9 Å². The lowest BCUT2D eigenvalue weighted by Gasteiger charge is -2.35. The second kappa shape index (κ2) is 9.26. The summed E-state index contributed by atoms with van der Waals surface area (Å²) >= 11 is 0. The Bertz CT molecular complexity index is 913. The smallest absolute Gasteiger partial charge is 0.340 e. The first-order chi connectivity index (χ1) is 14.1. The normalized spacial score (nSPS) is 13.8. The predicted octanol–water partition coefficient (Wildman–Crippen LogP) is 4.00. The third kappa shape index (κ3) is 4.76. The van der Waals surface area contributed by atoms with Crippen LogP contribution in [0.4, 0.5) is 5.69 Å². The van der Waals surface area contributed by atoms with E-state index in [9.17, 15) is 9.90 Å². The van der Waals surface area contributed by atoms with Crippen LogP contribution < -0.4 is 10.1 Å². The van der Waals surface area contributed by atoms with Crippen LogP contribution in [-0.2, 0) is 16.0 Å². The molecule has 0 saturated heterocycles. The van der Waals surface area contributed by atoms with Gasteiger partial charge in [-0.15, -0.1) is 0 Å². The number of ether oxygens (including phenoxy) is 2. The fourth-order valence-electron chi connectivity index (χ4n) is 3.35. The third-order valence-corrected chi connectivity index (χ3v) is 4.87. The SMILES string of the molecule is COC(=O)[C@](O)(Cc1ccccc1)[C@@H](Nc1ccc(OC)cc1)c1ccccc1. The molecule has 5 heteroatoms. The molecular formula is C24H25NO4. The first kappa shape index (κ1) is 20.4. The van der Waals surface area contributed by atoms with E-state index < -0.39 is 17.6 Å². The summed E-state index contributed by atoms with van der Waals surface area (Å²) in [6.07, 6.45) is 0.100. The number of rotatable bonds is 8. The molecule has 0 bridgehead atoms. The molecule has 0 unspecified atom stereocenters. The van der Waals surface area contributed by atoms with Crippen molar-refractivity contribution in [3.63, 3.8) is 0 Å². The molecule has 0 saturated carbocycles. The van der Waals surface area contributed by atoms with Crippen LogP contribution in [0.2, 0.25) is 0 Å². The molecule has 5 nitrogen and oxygen atoms in total. The molecule has 0 amide bonds. The van der Waals surface area contributed by atoms with Crippen molar-refractivity contribution in [2.45, 2.75) is 18.1 Å². The van der Waals surface area contributed by atoms with Crippen molar-refractivity contribution >= 4 is 11.7 Å². The second-order valence-corrected chi connectivity index (χ2v) is 6.79. The van der Waals surface area contributed by atoms with Gasteiger partial charge in [0.15, 0.2) is 5.60 Å². The molecule has 0 fully saturated rings. The molecule has 3 rings (SSSR count). The van der Waals surface area contributed by atoms with Crippen molar-refractivity contribution in [2.24, 2.45) is 0 Å². The quantitative estimate of drug-likeness (QED) is 0.568. The lowest BCUT2D eigenvalue weighted by Crippen LogP contribution is -2.50. The van der Waals surface area contributed by atoms with Crippen LogP contribution in [0.5, 0.6) is 5.75 Å². The van der Waals surface area contributed by atoms with Crippen LogP contribution in [-0.4, -0.2) is 30.9 Å². The molecule has 0 radical (unpaired) electrons. The van der Waals surface area contributed by atoms with Crippen molar-refractivity contribution in [3.05, 3.63) is 96.1 Å². The lowest BCUT2D eigenvalue weighted by atomic mass is 9.83. The summed E-state index contributed by atoms with van der Waals surface area (Å²) in [5, 5.41) is 15.0. The maximum absolute atomic E-state index is 12.8. The molecule has 0 aromatic heterocycles. The van der Waals surface area contributed by atoms with Crippen LogP contribution in [0.1, 0.15) is 17.2 Å². The molecular weight excluding hydrogens is 366 g/mol. The first-order valence-corrected chi connectivity index (χ1v) is 9.37. The number of nitrogens with one attached hydrogen (secondary N) is 1. The molecule has 0 spiro atoms. The average Bonchev–Trinajstić information content (AvgIpc) is 2.78. The fourth-order valence-corrected chi connectivity index (χ4v) is 3.35.